The molecule has 1 saturated heterocycles. The molecule has 0 unspecified atom stereocenters. The minimum atomic E-state index is -3.65. The van der Waals surface area contributed by atoms with Crippen LogP contribution in [-0.4, -0.2) is 43.8 Å². The van der Waals surface area contributed by atoms with Crippen LogP contribution in [0, 0.1) is 12.8 Å². The highest BCUT2D eigenvalue weighted by molar-refractivity contribution is 7.89. The van der Waals surface area contributed by atoms with E-state index in [0.29, 0.717) is 31.7 Å². The van der Waals surface area contributed by atoms with Crippen molar-refractivity contribution in [2.45, 2.75) is 31.2 Å². The highest BCUT2D eigenvalue weighted by Crippen LogP contribution is 2.27. The number of hydrogen-bond acceptors (Lipinski definition) is 5. The molecule has 0 spiro atoms. The zero-order valence-electron chi connectivity index (χ0n) is 16.1. The number of methoxy groups -OCH3 is 1. The van der Waals surface area contributed by atoms with Crippen molar-refractivity contribution in [3.8, 4) is 5.75 Å². The van der Waals surface area contributed by atoms with Crippen molar-refractivity contribution in [3.63, 3.8) is 0 Å². The van der Waals surface area contributed by atoms with Crippen LogP contribution in [0.1, 0.15) is 24.0 Å². The molecule has 0 bridgehead atoms. The number of carbonyl (C=O) groups is 1. The van der Waals surface area contributed by atoms with Gasteiger partial charge in [0.15, 0.2) is 0 Å². The van der Waals surface area contributed by atoms with Crippen LogP contribution in [0.15, 0.2) is 47.6 Å². The molecule has 1 amide bonds. The largest absolute Gasteiger partial charge is 0.496 e. The van der Waals surface area contributed by atoms with Gasteiger partial charge in [0, 0.05) is 32.0 Å². The lowest BCUT2D eigenvalue weighted by Gasteiger charge is -2.31. The molecule has 2 aromatic rings. The van der Waals surface area contributed by atoms with E-state index >= 15 is 0 Å². The van der Waals surface area contributed by atoms with Gasteiger partial charge in [-0.3, -0.25) is 9.78 Å². The lowest BCUT2D eigenvalue weighted by atomic mass is 9.99. The van der Waals surface area contributed by atoms with Gasteiger partial charge in [-0.2, -0.15) is 4.31 Å². The third-order valence-electron chi connectivity index (χ3n) is 4.98. The zero-order chi connectivity index (χ0) is 20.1. The van der Waals surface area contributed by atoms with Gasteiger partial charge >= 0.3 is 0 Å². The molecule has 1 fully saturated rings. The molecule has 7 nitrogen and oxygen atoms in total. The van der Waals surface area contributed by atoms with Crippen LogP contribution in [-0.2, 0) is 21.4 Å². The molecular weight excluding hydrogens is 378 g/mol. The molecule has 1 aromatic carbocycles. The maximum Gasteiger partial charge on any atom is 0.243 e. The SMILES string of the molecule is COc1ccc(S(=O)(=O)N2CCC[C@@H](C(=O)NCc3ccncc3)C2)cc1C. The summed E-state index contributed by atoms with van der Waals surface area (Å²) >= 11 is 0. The van der Waals surface area contributed by atoms with E-state index in [1.54, 1.807) is 37.7 Å². The number of hydrogen-bond donors (Lipinski definition) is 1. The van der Waals surface area contributed by atoms with Crippen molar-refractivity contribution in [3.05, 3.63) is 53.9 Å². The van der Waals surface area contributed by atoms with Crippen molar-refractivity contribution >= 4 is 15.9 Å². The van der Waals surface area contributed by atoms with Gasteiger partial charge in [-0.1, -0.05) is 0 Å². The van der Waals surface area contributed by atoms with E-state index in [1.165, 1.54) is 4.31 Å². The van der Waals surface area contributed by atoms with Gasteiger partial charge in [-0.15, -0.1) is 0 Å². The number of aromatic nitrogens is 1. The zero-order valence-corrected chi connectivity index (χ0v) is 16.9. The highest BCUT2D eigenvalue weighted by atomic mass is 32.2. The van der Waals surface area contributed by atoms with Crippen LogP contribution in [0.5, 0.6) is 5.75 Å². The van der Waals surface area contributed by atoms with E-state index in [0.717, 1.165) is 11.1 Å². The van der Waals surface area contributed by atoms with Crippen molar-refractivity contribution in [2.24, 2.45) is 5.92 Å². The smallest absolute Gasteiger partial charge is 0.243 e. The monoisotopic (exact) mass is 403 g/mol. The van der Waals surface area contributed by atoms with E-state index in [-0.39, 0.29) is 23.3 Å². The van der Waals surface area contributed by atoms with E-state index in [4.69, 9.17) is 4.74 Å². The lowest BCUT2D eigenvalue weighted by Crippen LogP contribution is -2.45. The van der Waals surface area contributed by atoms with Crippen LogP contribution < -0.4 is 10.1 Å². The third kappa shape index (κ3) is 4.51. The van der Waals surface area contributed by atoms with Gasteiger partial charge in [0.05, 0.1) is 17.9 Å². The predicted octanol–water partition coefficient (Wildman–Crippen LogP) is 2.12. The van der Waals surface area contributed by atoms with Gasteiger partial charge < -0.3 is 10.1 Å². The summed E-state index contributed by atoms with van der Waals surface area (Å²) in [5, 5.41) is 2.90. The minimum Gasteiger partial charge on any atom is -0.496 e. The van der Waals surface area contributed by atoms with E-state index < -0.39 is 10.0 Å². The summed E-state index contributed by atoms with van der Waals surface area (Å²) in [6, 6.07) is 8.49. The quantitative estimate of drug-likeness (QED) is 0.798. The summed E-state index contributed by atoms with van der Waals surface area (Å²) in [6.45, 7) is 2.82. The van der Waals surface area contributed by atoms with E-state index in [1.807, 2.05) is 19.1 Å². The average Bonchev–Trinajstić information content (AvgIpc) is 2.72. The van der Waals surface area contributed by atoms with Crippen LogP contribution in [0.4, 0.5) is 0 Å². The molecule has 28 heavy (non-hydrogen) atoms. The number of piperidine rings is 1. The van der Waals surface area contributed by atoms with Crippen molar-refractivity contribution < 1.29 is 17.9 Å². The fourth-order valence-corrected chi connectivity index (χ4v) is 4.98. The first-order valence-corrected chi connectivity index (χ1v) is 10.7. The molecule has 1 aromatic heterocycles. The van der Waals surface area contributed by atoms with Crippen LogP contribution in [0.25, 0.3) is 0 Å². The maximum absolute atomic E-state index is 13.0. The fraction of sp³-hybridized carbons (Fsp3) is 0.400. The normalized spacial score (nSPS) is 17.9. The summed E-state index contributed by atoms with van der Waals surface area (Å²) in [5.74, 6) is 0.165. The molecule has 150 valence electrons. The van der Waals surface area contributed by atoms with Crippen molar-refractivity contribution in [1.29, 1.82) is 0 Å². The summed E-state index contributed by atoms with van der Waals surface area (Å²) in [5.41, 5.74) is 1.71. The van der Waals surface area contributed by atoms with Crippen molar-refractivity contribution in [1.82, 2.24) is 14.6 Å². The van der Waals surface area contributed by atoms with Crippen LogP contribution in [0.2, 0.25) is 0 Å². The number of nitrogens with zero attached hydrogens (tertiary/aromatic N) is 2. The van der Waals surface area contributed by atoms with Crippen molar-refractivity contribution in [2.75, 3.05) is 20.2 Å². The molecule has 0 radical (unpaired) electrons. The summed E-state index contributed by atoms with van der Waals surface area (Å²) in [7, 11) is -2.10. The number of rotatable bonds is 6. The molecule has 3 rings (SSSR count). The molecular formula is C20H25N3O4S. The van der Waals surface area contributed by atoms with Gasteiger partial charge in [-0.05, 0) is 61.2 Å². The number of aryl methyl sites for hydroxylation is 1. The second-order valence-corrected chi connectivity index (χ2v) is 8.84. The average molecular weight is 404 g/mol. The van der Waals surface area contributed by atoms with E-state index in [2.05, 4.69) is 10.3 Å². The van der Waals surface area contributed by atoms with Gasteiger partial charge in [0.25, 0.3) is 0 Å². The number of sulfonamides is 1. The molecule has 0 saturated carbocycles. The van der Waals surface area contributed by atoms with E-state index in [9.17, 15) is 13.2 Å². The lowest BCUT2D eigenvalue weighted by molar-refractivity contribution is -0.126. The number of carbonyl (C=O) groups excluding carboxylic acids is 1. The summed E-state index contributed by atoms with van der Waals surface area (Å²) in [6.07, 6.45) is 4.68. The standard InChI is InChI=1S/C20H25N3O4S/c1-15-12-18(5-6-19(15)27-2)28(25,26)23-11-3-4-17(14-23)20(24)22-13-16-7-9-21-10-8-16/h5-10,12,17H,3-4,11,13-14H2,1-2H3,(H,22,24)/t17-/m1/s1. The van der Waals surface area contributed by atoms with Gasteiger partial charge in [0.1, 0.15) is 5.75 Å². The Hall–Kier alpha value is -2.45. The second-order valence-electron chi connectivity index (χ2n) is 6.91. The molecule has 8 heteroatoms. The highest BCUT2D eigenvalue weighted by Gasteiger charge is 2.33. The maximum atomic E-state index is 13.0. The first-order valence-electron chi connectivity index (χ1n) is 9.23. The Labute approximate surface area is 165 Å². The summed E-state index contributed by atoms with van der Waals surface area (Å²) < 4.78 is 32.7. The number of nitrogens with one attached hydrogen (secondary N) is 1. The minimum absolute atomic E-state index is 0.123. The van der Waals surface area contributed by atoms with Gasteiger partial charge in [-0.25, -0.2) is 8.42 Å². The molecule has 2 heterocycles. The Morgan fingerprint density at radius 3 is 2.71 bits per heavy atom. The van der Waals surface area contributed by atoms with Crippen LogP contribution >= 0.6 is 0 Å². The predicted molar refractivity (Wildman–Crippen MR) is 105 cm³/mol. The number of benzene rings is 1. The van der Waals surface area contributed by atoms with Gasteiger partial charge in [0.2, 0.25) is 15.9 Å². The molecule has 1 aliphatic heterocycles. The topological polar surface area (TPSA) is 88.6 Å². The Morgan fingerprint density at radius 2 is 2.04 bits per heavy atom. The molecule has 0 aliphatic carbocycles. The number of pyridine rings is 1. The van der Waals surface area contributed by atoms with Crippen LogP contribution in [0.3, 0.4) is 0 Å². The molecule has 1 N–H and O–H groups in total. The number of ether oxygens (including phenoxy) is 1. The Bertz CT molecular complexity index is 932. The Kier molecular flexibility index (Phi) is 6.31. The third-order valence-corrected chi connectivity index (χ3v) is 6.84. The fourth-order valence-electron chi connectivity index (χ4n) is 3.37. The second kappa shape index (κ2) is 8.70. The first kappa shape index (κ1) is 20.3. The Balaban J connectivity index is 1.68. The molecule has 1 aliphatic rings. The summed E-state index contributed by atoms with van der Waals surface area (Å²) in [4.78, 5) is 16.7. The Morgan fingerprint density at radius 1 is 1.29 bits per heavy atom. The number of amides is 1. The first-order chi connectivity index (χ1) is 13.4. The molecule has 1 atom stereocenters.